The minimum atomic E-state index is -1.35. The predicted molar refractivity (Wildman–Crippen MR) is 178 cm³/mol. The van der Waals surface area contributed by atoms with Crippen LogP contribution < -0.4 is 5.32 Å². The van der Waals surface area contributed by atoms with Crippen molar-refractivity contribution in [3.05, 3.63) is 83.5 Å². The summed E-state index contributed by atoms with van der Waals surface area (Å²) in [6.45, 7) is 7.82. The van der Waals surface area contributed by atoms with Gasteiger partial charge in [-0.2, -0.15) is 0 Å². The number of hydrogen-bond acceptors (Lipinski definition) is 8. The maximum Gasteiger partial charge on any atom is 0.193 e. The number of nitrogens with one attached hydrogen (secondary N) is 1. The summed E-state index contributed by atoms with van der Waals surface area (Å²) in [5, 5.41) is 25.6. The first-order valence-electron chi connectivity index (χ1n) is 16.7. The van der Waals surface area contributed by atoms with Gasteiger partial charge in [0, 0.05) is 44.7 Å². The Bertz CT molecular complexity index is 1590. The van der Waals surface area contributed by atoms with E-state index in [1.54, 1.807) is 23.9 Å². The van der Waals surface area contributed by atoms with Crippen LogP contribution in [0, 0.1) is 28.6 Å². The first-order valence-corrected chi connectivity index (χ1v) is 17.6. The second-order valence-electron chi connectivity index (χ2n) is 14.7. The molecule has 8 heteroatoms. The van der Waals surface area contributed by atoms with Crippen molar-refractivity contribution in [2.24, 2.45) is 28.6 Å². The van der Waals surface area contributed by atoms with Gasteiger partial charge in [-0.1, -0.05) is 55.8 Å². The first-order chi connectivity index (χ1) is 22.0. The number of benzene rings is 2. The Balaban J connectivity index is 1.10. The molecule has 5 aliphatic rings. The molecule has 1 heterocycles. The fourth-order valence-corrected chi connectivity index (χ4v) is 10.7. The number of ether oxygens (including phenoxy) is 2. The highest BCUT2D eigenvalue weighted by Crippen LogP contribution is 2.70. The number of ketones is 2. The number of thioether (sulfide) groups is 1. The van der Waals surface area contributed by atoms with Gasteiger partial charge in [0.2, 0.25) is 0 Å². The third-order valence-electron chi connectivity index (χ3n) is 11.7. The van der Waals surface area contributed by atoms with Gasteiger partial charge in [-0.3, -0.25) is 9.59 Å². The van der Waals surface area contributed by atoms with Crippen molar-refractivity contribution in [2.45, 2.75) is 94.2 Å². The molecule has 9 atom stereocenters. The van der Waals surface area contributed by atoms with E-state index in [1.165, 1.54) is 10.5 Å². The monoisotopic (exact) mass is 643 g/mol. The second-order valence-corrected chi connectivity index (χ2v) is 15.7. The zero-order chi connectivity index (χ0) is 32.4. The van der Waals surface area contributed by atoms with E-state index in [-0.39, 0.29) is 29.3 Å². The smallest absolute Gasteiger partial charge is 0.193 e. The number of allylic oxidation sites excluding steroid dienone is 4. The number of carbonyl (C=O) groups excluding carboxylic acids is 2. The fourth-order valence-electron chi connectivity index (χ4n) is 9.78. The standard InChI is InChI=1S/C38H45NO6S/c1-22(2)39-26-6-5-7-28(17-26)46-21-23-8-10-24(11-9-23)35-44-33-18-30-29-13-12-25-16-27(41)14-15-36(25,3)34(29)31(42)19-37(30,4)38(33,45-35)32(43)20-40/h5-11,14-17,22,29-31,33-35,39-40,42H,12-13,18-21H2,1-4H3/t29-,30-,31-,33+,34+,35+,36-,37-,38+/m0/s1. The number of rotatable bonds is 8. The van der Waals surface area contributed by atoms with Crippen LogP contribution >= 0.6 is 11.8 Å². The average molecular weight is 644 g/mol. The van der Waals surface area contributed by atoms with E-state index in [9.17, 15) is 19.8 Å². The minimum Gasteiger partial charge on any atom is -0.393 e. The minimum absolute atomic E-state index is 0.00743. The van der Waals surface area contributed by atoms with Gasteiger partial charge in [0.15, 0.2) is 23.5 Å². The molecule has 0 bridgehead atoms. The van der Waals surface area contributed by atoms with Crippen LogP contribution in [0.15, 0.2) is 77.2 Å². The number of Topliss-reactive ketones (excluding diaryl/α,β-unsaturated/α-hetero) is 1. The van der Waals surface area contributed by atoms with E-state index in [0.29, 0.717) is 18.9 Å². The Morgan fingerprint density at radius 2 is 1.93 bits per heavy atom. The van der Waals surface area contributed by atoms with Gasteiger partial charge in [-0.15, -0.1) is 11.8 Å². The van der Waals surface area contributed by atoms with Crippen LogP contribution in [-0.2, 0) is 24.8 Å². The number of aliphatic hydroxyl groups excluding tert-OH is 2. The van der Waals surface area contributed by atoms with Crippen molar-refractivity contribution in [3.8, 4) is 0 Å². The van der Waals surface area contributed by atoms with E-state index in [2.05, 4.69) is 69.4 Å². The van der Waals surface area contributed by atoms with Gasteiger partial charge in [0.25, 0.3) is 0 Å². The van der Waals surface area contributed by atoms with Crippen molar-refractivity contribution in [2.75, 3.05) is 11.9 Å². The van der Waals surface area contributed by atoms with E-state index < -0.39 is 41.5 Å². The zero-order valence-corrected chi connectivity index (χ0v) is 27.9. The van der Waals surface area contributed by atoms with Gasteiger partial charge in [0.05, 0.1) is 12.2 Å². The van der Waals surface area contributed by atoms with Crippen LogP contribution in [0.3, 0.4) is 0 Å². The van der Waals surface area contributed by atoms with E-state index in [1.807, 2.05) is 18.2 Å². The van der Waals surface area contributed by atoms with Crippen molar-refractivity contribution in [1.82, 2.24) is 0 Å². The lowest BCUT2D eigenvalue weighted by Crippen LogP contribution is -2.63. The van der Waals surface area contributed by atoms with E-state index in [0.717, 1.165) is 35.4 Å². The average Bonchev–Trinajstić information content (AvgIpc) is 3.53. The first kappa shape index (κ1) is 31.8. The number of fused-ring (bicyclic) bond motifs is 7. The van der Waals surface area contributed by atoms with Crippen LogP contribution in [0.1, 0.15) is 70.8 Å². The van der Waals surface area contributed by atoms with Crippen LogP contribution in [0.25, 0.3) is 0 Å². The van der Waals surface area contributed by atoms with Crippen molar-refractivity contribution in [3.63, 3.8) is 0 Å². The number of anilines is 1. The molecular formula is C38H45NO6S. The number of carbonyl (C=O) groups is 2. The lowest BCUT2D eigenvalue weighted by Gasteiger charge is -2.59. The lowest BCUT2D eigenvalue weighted by atomic mass is 9.46. The van der Waals surface area contributed by atoms with Crippen molar-refractivity contribution < 1.29 is 29.3 Å². The molecule has 0 amide bonds. The molecule has 0 spiro atoms. The molecule has 2 aromatic carbocycles. The Kier molecular flexibility index (Phi) is 8.12. The van der Waals surface area contributed by atoms with Gasteiger partial charge in [0.1, 0.15) is 6.61 Å². The van der Waals surface area contributed by atoms with Crippen molar-refractivity contribution >= 4 is 29.0 Å². The maximum absolute atomic E-state index is 13.8. The number of hydrogen-bond donors (Lipinski definition) is 3. The third kappa shape index (κ3) is 4.95. The molecule has 2 aromatic rings. The third-order valence-corrected chi connectivity index (χ3v) is 12.8. The fraction of sp³-hybridized carbons (Fsp3) is 0.526. The summed E-state index contributed by atoms with van der Waals surface area (Å²) in [6, 6.07) is 17.0. The van der Waals surface area contributed by atoms with Gasteiger partial charge in [-0.05, 0) is 87.3 Å². The topological polar surface area (TPSA) is 105 Å². The molecule has 244 valence electrons. The van der Waals surface area contributed by atoms with Gasteiger partial charge < -0.3 is 25.0 Å². The van der Waals surface area contributed by atoms with E-state index >= 15 is 0 Å². The molecule has 0 aromatic heterocycles. The van der Waals surface area contributed by atoms with Gasteiger partial charge in [-0.25, -0.2) is 0 Å². The molecule has 7 nitrogen and oxygen atoms in total. The molecule has 7 rings (SSSR count). The molecule has 4 aliphatic carbocycles. The van der Waals surface area contributed by atoms with Crippen LogP contribution in [0.2, 0.25) is 0 Å². The Hall–Kier alpha value is -2.75. The Morgan fingerprint density at radius 3 is 2.67 bits per heavy atom. The molecule has 3 saturated carbocycles. The molecule has 4 fully saturated rings. The number of aliphatic hydroxyl groups is 2. The summed E-state index contributed by atoms with van der Waals surface area (Å²) < 4.78 is 13.4. The second kappa shape index (κ2) is 11.7. The summed E-state index contributed by atoms with van der Waals surface area (Å²) in [7, 11) is 0. The molecule has 1 saturated heterocycles. The quantitative estimate of drug-likeness (QED) is 0.284. The summed E-state index contributed by atoms with van der Waals surface area (Å²) in [6.07, 6.45) is 6.04. The molecule has 46 heavy (non-hydrogen) atoms. The van der Waals surface area contributed by atoms with E-state index in [4.69, 9.17) is 9.47 Å². The highest BCUT2D eigenvalue weighted by Gasteiger charge is 2.75. The normalized spacial score (nSPS) is 37.7. The highest BCUT2D eigenvalue weighted by molar-refractivity contribution is 7.98. The summed E-state index contributed by atoms with van der Waals surface area (Å²) >= 11 is 1.78. The predicted octanol–water partition coefficient (Wildman–Crippen LogP) is 6.40. The SMILES string of the molecule is CC(C)Nc1cccc(SCc2ccc([C@@H]3O[C@@H]4C[C@H]5[C@@H]6CCC7=CC(=O)C=C[C@]7(C)[C@H]6[C@@H](O)C[C@]5(C)[C@]4(C(=O)CO)O3)cc2)c1. The molecule has 0 radical (unpaired) electrons. The Morgan fingerprint density at radius 1 is 1.15 bits per heavy atom. The maximum atomic E-state index is 13.8. The highest BCUT2D eigenvalue weighted by atomic mass is 32.2. The Labute approximate surface area is 275 Å². The van der Waals surface area contributed by atoms with Crippen LogP contribution in [0.4, 0.5) is 5.69 Å². The summed E-state index contributed by atoms with van der Waals surface area (Å²) in [4.78, 5) is 27.2. The zero-order valence-electron chi connectivity index (χ0n) is 27.1. The summed E-state index contributed by atoms with van der Waals surface area (Å²) in [5.41, 5.74) is 1.75. The lowest BCUT2D eigenvalue weighted by molar-refractivity contribution is -0.201. The molecule has 1 aliphatic heterocycles. The van der Waals surface area contributed by atoms with Crippen LogP contribution in [0.5, 0.6) is 0 Å². The van der Waals surface area contributed by atoms with Gasteiger partial charge >= 0.3 is 0 Å². The largest absolute Gasteiger partial charge is 0.393 e. The van der Waals surface area contributed by atoms with Crippen molar-refractivity contribution in [1.29, 1.82) is 0 Å². The van der Waals surface area contributed by atoms with Crippen LogP contribution in [-0.4, -0.2) is 52.2 Å². The summed E-state index contributed by atoms with van der Waals surface area (Å²) in [5.74, 6) is 0.585. The molecule has 0 unspecified atom stereocenters. The molecular weight excluding hydrogens is 598 g/mol. The molecule has 3 N–H and O–H groups in total.